The van der Waals surface area contributed by atoms with Gasteiger partial charge in [-0.3, -0.25) is 19.1 Å². The number of aromatic nitrogens is 3. The fourth-order valence-corrected chi connectivity index (χ4v) is 6.94. The van der Waals surface area contributed by atoms with Crippen LogP contribution in [0, 0.1) is 32.6 Å². The highest BCUT2D eigenvalue weighted by molar-refractivity contribution is 7.15. The van der Waals surface area contributed by atoms with Crippen LogP contribution in [-0.2, 0) is 9.59 Å². The van der Waals surface area contributed by atoms with Gasteiger partial charge in [-0.05, 0) is 69.5 Å². The van der Waals surface area contributed by atoms with Gasteiger partial charge < -0.3 is 16.4 Å². The fraction of sp³-hybridized carbons (Fsp3) is 0.361. The van der Waals surface area contributed by atoms with Crippen LogP contribution in [0.5, 0.6) is 0 Å². The molecule has 0 fully saturated rings. The molecule has 2 aromatic heterocycles. The Bertz CT molecular complexity index is 1830. The minimum atomic E-state index is -0.492. The van der Waals surface area contributed by atoms with Crippen molar-refractivity contribution in [2.24, 2.45) is 10.7 Å². The largest absolute Gasteiger partial charge is 0.356 e. The Balaban J connectivity index is 1.11. The number of carbonyl (C=O) groups excluding carboxylic acids is 2. The number of thiophene rings is 1. The second-order valence-electron chi connectivity index (χ2n) is 11.6. The molecule has 9 nitrogen and oxygen atoms in total. The van der Waals surface area contributed by atoms with Crippen molar-refractivity contribution < 1.29 is 9.59 Å². The van der Waals surface area contributed by atoms with Crippen LogP contribution in [0.25, 0.3) is 5.00 Å². The lowest BCUT2D eigenvalue weighted by molar-refractivity contribution is -0.121. The molecule has 3 heterocycles. The summed E-state index contributed by atoms with van der Waals surface area (Å²) in [5.41, 5.74) is 11.0. The molecule has 5 rings (SSSR count). The van der Waals surface area contributed by atoms with Gasteiger partial charge in [-0.25, -0.2) is 0 Å². The van der Waals surface area contributed by atoms with Gasteiger partial charge in [-0.1, -0.05) is 60.9 Å². The number of halogens is 1. The molecule has 244 valence electrons. The smallest absolute Gasteiger partial charge is 0.224 e. The van der Waals surface area contributed by atoms with Gasteiger partial charge in [0.15, 0.2) is 5.82 Å². The zero-order valence-corrected chi connectivity index (χ0v) is 28.6. The number of unbranched alkanes of at least 4 members (excludes halogenated alkanes) is 4. The maximum absolute atomic E-state index is 13.2. The van der Waals surface area contributed by atoms with Gasteiger partial charge in [0.05, 0.1) is 18.7 Å². The van der Waals surface area contributed by atoms with Gasteiger partial charge in [-0.15, -0.1) is 21.5 Å². The van der Waals surface area contributed by atoms with E-state index in [0.29, 0.717) is 30.4 Å². The van der Waals surface area contributed by atoms with Gasteiger partial charge in [0, 0.05) is 45.2 Å². The number of carbonyl (C=O) groups is 2. The first-order valence-corrected chi connectivity index (χ1v) is 17.2. The van der Waals surface area contributed by atoms with Crippen molar-refractivity contribution >= 4 is 46.2 Å². The second kappa shape index (κ2) is 16.0. The minimum absolute atomic E-state index is 0.00652. The predicted molar refractivity (Wildman–Crippen MR) is 190 cm³/mol. The van der Waals surface area contributed by atoms with Crippen LogP contribution in [0.15, 0.2) is 53.5 Å². The molecule has 11 heteroatoms. The van der Waals surface area contributed by atoms with Gasteiger partial charge >= 0.3 is 0 Å². The molecule has 0 radical (unpaired) electrons. The molecule has 0 aliphatic carbocycles. The molecular weight excluding hydrogens is 630 g/mol. The first kappa shape index (κ1) is 34.0. The normalized spacial score (nSPS) is 13.5. The third-order valence-corrected chi connectivity index (χ3v) is 9.56. The summed E-state index contributed by atoms with van der Waals surface area (Å²) in [6.07, 6.45) is 5.22. The Kier molecular flexibility index (Phi) is 11.6. The van der Waals surface area contributed by atoms with E-state index in [2.05, 4.69) is 51.1 Å². The van der Waals surface area contributed by atoms with Crippen molar-refractivity contribution in [1.29, 1.82) is 0 Å². The molecule has 0 saturated heterocycles. The first-order valence-electron chi connectivity index (χ1n) is 16.0. The van der Waals surface area contributed by atoms with E-state index in [1.165, 1.54) is 4.88 Å². The quantitative estimate of drug-likeness (QED) is 0.116. The molecule has 0 spiro atoms. The Morgan fingerprint density at radius 1 is 1.00 bits per heavy atom. The molecular formula is C36H40ClN7O2S. The standard InChI is InChI=1S/C36H40ClN7O2S/c1-23-24(2)47-36-33(23)34(27-15-17-28(37)18-16-27)41-30(35-43-42-25(3)44(35)36)22-32(46)39-20-8-6-4-5-7-14-31(45)40-29-13-9-11-26(21-29)12-10-19-38/h9,11,13,15-18,21,30H,4-8,14,19-20,22,38H2,1-3H3,(H,39,46)(H,40,45). The minimum Gasteiger partial charge on any atom is -0.356 e. The Morgan fingerprint density at radius 3 is 2.55 bits per heavy atom. The van der Waals surface area contributed by atoms with E-state index in [0.717, 1.165) is 76.6 Å². The Morgan fingerprint density at radius 2 is 1.77 bits per heavy atom. The maximum Gasteiger partial charge on any atom is 0.224 e. The number of hydrogen-bond donors (Lipinski definition) is 3. The number of nitrogens with one attached hydrogen (secondary N) is 2. The molecule has 1 atom stereocenters. The molecule has 1 unspecified atom stereocenters. The van der Waals surface area contributed by atoms with Crippen LogP contribution in [0.3, 0.4) is 0 Å². The number of aliphatic imine (C=N–C) groups is 1. The average molecular weight is 670 g/mol. The summed E-state index contributed by atoms with van der Waals surface area (Å²) >= 11 is 7.90. The van der Waals surface area contributed by atoms with E-state index in [9.17, 15) is 9.59 Å². The van der Waals surface area contributed by atoms with E-state index in [1.807, 2.05) is 55.5 Å². The molecule has 47 heavy (non-hydrogen) atoms. The van der Waals surface area contributed by atoms with E-state index in [4.69, 9.17) is 22.3 Å². The maximum atomic E-state index is 13.2. The lowest BCUT2D eigenvalue weighted by Crippen LogP contribution is -2.26. The average Bonchev–Trinajstić information content (AvgIpc) is 3.53. The number of rotatable bonds is 12. The van der Waals surface area contributed by atoms with Gasteiger partial charge in [0.25, 0.3) is 0 Å². The molecule has 0 saturated carbocycles. The lowest BCUT2D eigenvalue weighted by Gasteiger charge is -2.13. The highest BCUT2D eigenvalue weighted by Gasteiger charge is 2.32. The Hall–Kier alpha value is -4.30. The predicted octanol–water partition coefficient (Wildman–Crippen LogP) is 6.60. The highest BCUT2D eigenvalue weighted by Crippen LogP contribution is 2.39. The molecule has 1 aliphatic heterocycles. The van der Waals surface area contributed by atoms with Gasteiger partial charge in [0.2, 0.25) is 11.8 Å². The third-order valence-electron chi connectivity index (χ3n) is 8.12. The summed E-state index contributed by atoms with van der Waals surface area (Å²) in [6.45, 7) is 7.03. The van der Waals surface area contributed by atoms with Crippen LogP contribution in [0.4, 0.5) is 5.69 Å². The first-order chi connectivity index (χ1) is 22.7. The summed E-state index contributed by atoms with van der Waals surface area (Å²) in [4.78, 5) is 31.9. The van der Waals surface area contributed by atoms with Crippen LogP contribution in [0.2, 0.25) is 5.02 Å². The highest BCUT2D eigenvalue weighted by atomic mass is 35.5. The number of fused-ring (bicyclic) bond motifs is 3. The fourth-order valence-electron chi connectivity index (χ4n) is 5.60. The van der Waals surface area contributed by atoms with E-state index < -0.39 is 6.04 Å². The van der Waals surface area contributed by atoms with Crippen LogP contribution >= 0.6 is 22.9 Å². The SMILES string of the molecule is Cc1sc2c(c1C)C(c1ccc(Cl)cc1)=NC(CC(=O)NCCCCCCCC(=O)Nc1cccc(C#CCN)c1)c1nnc(C)n1-2. The number of amides is 2. The lowest BCUT2D eigenvalue weighted by atomic mass is 9.99. The number of anilines is 1. The van der Waals surface area contributed by atoms with Crippen molar-refractivity contribution in [2.45, 2.75) is 71.8 Å². The molecule has 4 aromatic rings. The zero-order chi connectivity index (χ0) is 33.3. The van der Waals surface area contributed by atoms with Crippen molar-refractivity contribution in [2.75, 3.05) is 18.4 Å². The summed E-state index contributed by atoms with van der Waals surface area (Å²) in [5, 5.41) is 16.6. The monoisotopic (exact) mass is 669 g/mol. The van der Waals surface area contributed by atoms with Crippen LogP contribution < -0.4 is 16.4 Å². The van der Waals surface area contributed by atoms with Crippen LogP contribution in [0.1, 0.15) is 89.8 Å². The van der Waals surface area contributed by atoms with Gasteiger partial charge in [-0.2, -0.15) is 0 Å². The van der Waals surface area contributed by atoms with E-state index in [-0.39, 0.29) is 18.2 Å². The zero-order valence-electron chi connectivity index (χ0n) is 27.0. The number of nitrogens with zero attached hydrogens (tertiary/aromatic N) is 4. The van der Waals surface area contributed by atoms with Crippen molar-refractivity contribution in [3.8, 4) is 16.8 Å². The summed E-state index contributed by atoms with van der Waals surface area (Å²) in [6, 6.07) is 14.6. The molecule has 0 bridgehead atoms. The number of aryl methyl sites for hydroxylation is 2. The summed E-state index contributed by atoms with van der Waals surface area (Å²) < 4.78 is 2.06. The number of hydrogen-bond acceptors (Lipinski definition) is 7. The van der Waals surface area contributed by atoms with Crippen molar-refractivity contribution in [3.05, 3.63) is 92.3 Å². The number of benzene rings is 2. The molecule has 2 aromatic carbocycles. The third kappa shape index (κ3) is 8.55. The van der Waals surface area contributed by atoms with Gasteiger partial charge in [0.1, 0.15) is 16.9 Å². The second-order valence-corrected chi connectivity index (χ2v) is 13.3. The summed E-state index contributed by atoms with van der Waals surface area (Å²) in [7, 11) is 0. The van der Waals surface area contributed by atoms with E-state index >= 15 is 0 Å². The van der Waals surface area contributed by atoms with E-state index in [1.54, 1.807) is 11.3 Å². The molecule has 1 aliphatic rings. The van der Waals surface area contributed by atoms with Crippen molar-refractivity contribution in [1.82, 2.24) is 20.1 Å². The molecule has 2 amide bonds. The van der Waals surface area contributed by atoms with Crippen molar-refractivity contribution in [3.63, 3.8) is 0 Å². The number of nitrogens with two attached hydrogens (primary N) is 1. The summed E-state index contributed by atoms with van der Waals surface area (Å²) in [5.74, 6) is 7.15. The Labute approximate surface area is 285 Å². The molecule has 4 N–H and O–H groups in total. The topological polar surface area (TPSA) is 127 Å². The van der Waals surface area contributed by atoms with Crippen LogP contribution in [-0.4, -0.2) is 45.4 Å².